The van der Waals surface area contributed by atoms with Crippen molar-refractivity contribution in [3.8, 4) is 5.75 Å². The van der Waals surface area contributed by atoms with Crippen LogP contribution < -0.4 is 10.1 Å². The third-order valence-corrected chi connectivity index (χ3v) is 7.56. The van der Waals surface area contributed by atoms with E-state index in [4.69, 9.17) is 4.74 Å². The van der Waals surface area contributed by atoms with E-state index in [0.717, 1.165) is 36.8 Å². The molecule has 0 radical (unpaired) electrons. The summed E-state index contributed by atoms with van der Waals surface area (Å²) in [5, 5.41) is 3.76. The number of hydrogen-bond donors (Lipinski definition) is 1. The van der Waals surface area contributed by atoms with Crippen molar-refractivity contribution in [1.29, 1.82) is 0 Å². The molecule has 0 aromatic heterocycles. The van der Waals surface area contributed by atoms with Gasteiger partial charge in [0.25, 0.3) is 0 Å². The lowest BCUT2D eigenvalue weighted by atomic mass is 9.88. The summed E-state index contributed by atoms with van der Waals surface area (Å²) < 4.78 is 32.1. The third kappa shape index (κ3) is 4.04. The molecule has 0 fully saturated rings. The highest BCUT2D eigenvalue weighted by molar-refractivity contribution is 7.91. The molecule has 0 unspecified atom stereocenters. The maximum atomic E-state index is 13.4. The first kappa shape index (κ1) is 19.9. The smallest absolute Gasteiger partial charge is 0.180 e. The number of sulfone groups is 1. The van der Waals surface area contributed by atoms with E-state index in [1.807, 2.05) is 30.3 Å². The number of ether oxygens (including phenoxy) is 1. The lowest BCUT2D eigenvalue weighted by Gasteiger charge is -2.35. The standard InChI is InChI=1S/C22H29NO3S/c1-4-6-14-22(5-2)16-27(24,25)20-15-18(26-3)12-13-19(20)21(23-22)17-10-8-7-9-11-17/h7-13,15,21,23H,4-6,14,16H2,1-3H3/t21-,22-/m0/s1. The van der Waals surface area contributed by atoms with Crippen molar-refractivity contribution < 1.29 is 13.2 Å². The molecule has 2 aromatic carbocycles. The molecule has 0 saturated carbocycles. The van der Waals surface area contributed by atoms with Gasteiger partial charge in [0, 0.05) is 5.54 Å². The molecular formula is C22H29NO3S. The van der Waals surface area contributed by atoms with Crippen LogP contribution in [0.15, 0.2) is 53.4 Å². The van der Waals surface area contributed by atoms with Gasteiger partial charge < -0.3 is 4.74 Å². The highest BCUT2D eigenvalue weighted by Crippen LogP contribution is 2.39. The lowest BCUT2D eigenvalue weighted by molar-refractivity contribution is 0.295. The average molecular weight is 388 g/mol. The summed E-state index contributed by atoms with van der Waals surface area (Å²) >= 11 is 0. The Balaban J connectivity index is 2.20. The molecule has 1 aliphatic rings. The van der Waals surface area contributed by atoms with Crippen LogP contribution >= 0.6 is 0 Å². The summed E-state index contributed by atoms with van der Waals surface area (Å²) in [6.45, 7) is 4.22. The van der Waals surface area contributed by atoms with Crippen LogP contribution in [0.3, 0.4) is 0 Å². The highest BCUT2D eigenvalue weighted by atomic mass is 32.2. The van der Waals surface area contributed by atoms with Crippen molar-refractivity contribution in [1.82, 2.24) is 5.32 Å². The Labute approximate surface area is 162 Å². The summed E-state index contributed by atoms with van der Waals surface area (Å²) in [6.07, 6.45) is 3.65. The number of fused-ring (bicyclic) bond motifs is 1. The number of benzene rings is 2. The Morgan fingerprint density at radius 2 is 1.89 bits per heavy atom. The van der Waals surface area contributed by atoms with Gasteiger partial charge in [-0.2, -0.15) is 0 Å². The first-order valence-corrected chi connectivity index (χ1v) is 11.3. The Hall–Kier alpha value is -1.85. The maximum Gasteiger partial charge on any atom is 0.180 e. The van der Waals surface area contributed by atoms with Crippen molar-refractivity contribution >= 4 is 9.84 Å². The molecule has 1 N–H and O–H groups in total. The normalized spacial score (nSPS) is 24.0. The second kappa shape index (κ2) is 8.03. The zero-order valence-electron chi connectivity index (χ0n) is 16.4. The van der Waals surface area contributed by atoms with E-state index in [1.54, 1.807) is 13.2 Å². The van der Waals surface area contributed by atoms with Crippen LogP contribution in [0.25, 0.3) is 0 Å². The molecule has 2 aromatic rings. The fourth-order valence-electron chi connectivity index (χ4n) is 3.97. The number of hydrogen-bond acceptors (Lipinski definition) is 4. The SMILES string of the molecule is CCCC[C@@]1(CC)CS(=O)(=O)c2cc(OC)ccc2[C@H](c2ccccc2)N1. The molecule has 1 heterocycles. The van der Waals surface area contributed by atoms with E-state index in [9.17, 15) is 8.42 Å². The van der Waals surface area contributed by atoms with E-state index >= 15 is 0 Å². The molecule has 146 valence electrons. The first-order chi connectivity index (χ1) is 12.9. The minimum Gasteiger partial charge on any atom is -0.497 e. The topological polar surface area (TPSA) is 55.4 Å². The summed E-state index contributed by atoms with van der Waals surface area (Å²) in [4.78, 5) is 0.384. The summed E-state index contributed by atoms with van der Waals surface area (Å²) in [6, 6.07) is 15.3. The predicted molar refractivity (Wildman–Crippen MR) is 109 cm³/mol. The molecule has 4 nitrogen and oxygen atoms in total. The van der Waals surface area contributed by atoms with Crippen molar-refractivity contribution in [2.45, 2.75) is 56.0 Å². The second-order valence-corrected chi connectivity index (χ2v) is 9.35. The van der Waals surface area contributed by atoms with E-state index < -0.39 is 15.4 Å². The molecule has 0 spiro atoms. The molecule has 5 heteroatoms. The van der Waals surface area contributed by atoms with Crippen molar-refractivity contribution in [2.75, 3.05) is 12.9 Å². The zero-order chi connectivity index (χ0) is 19.5. The molecule has 0 amide bonds. The van der Waals surface area contributed by atoms with E-state index in [-0.39, 0.29) is 11.8 Å². The fraction of sp³-hybridized carbons (Fsp3) is 0.455. The predicted octanol–water partition coefficient (Wildman–Crippen LogP) is 4.50. The van der Waals surface area contributed by atoms with Crippen LogP contribution in [-0.4, -0.2) is 26.8 Å². The lowest BCUT2D eigenvalue weighted by Crippen LogP contribution is -2.50. The van der Waals surface area contributed by atoms with Crippen LogP contribution in [0.5, 0.6) is 5.75 Å². The van der Waals surface area contributed by atoms with Crippen molar-refractivity contribution in [3.05, 3.63) is 59.7 Å². The van der Waals surface area contributed by atoms with Crippen LogP contribution in [0.4, 0.5) is 0 Å². The number of unbranched alkanes of at least 4 members (excludes halogenated alkanes) is 1. The van der Waals surface area contributed by atoms with E-state index in [0.29, 0.717) is 10.6 Å². The van der Waals surface area contributed by atoms with Crippen LogP contribution in [-0.2, 0) is 9.84 Å². The van der Waals surface area contributed by atoms with Gasteiger partial charge in [0.1, 0.15) is 5.75 Å². The molecule has 3 rings (SSSR count). The van der Waals surface area contributed by atoms with Gasteiger partial charge in [0.15, 0.2) is 9.84 Å². The van der Waals surface area contributed by atoms with Gasteiger partial charge in [-0.1, -0.05) is 63.1 Å². The van der Waals surface area contributed by atoms with Gasteiger partial charge in [-0.05, 0) is 36.1 Å². The fourth-order valence-corrected chi connectivity index (χ4v) is 6.12. The largest absolute Gasteiger partial charge is 0.497 e. The molecule has 27 heavy (non-hydrogen) atoms. The van der Waals surface area contributed by atoms with Gasteiger partial charge in [-0.25, -0.2) is 8.42 Å². The zero-order valence-corrected chi connectivity index (χ0v) is 17.2. The van der Waals surface area contributed by atoms with Gasteiger partial charge in [0.2, 0.25) is 0 Å². The Morgan fingerprint density at radius 3 is 2.52 bits per heavy atom. The Morgan fingerprint density at radius 1 is 1.15 bits per heavy atom. The second-order valence-electron chi connectivity index (χ2n) is 7.39. The molecule has 0 saturated heterocycles. The summed E-state index contributed by atoms with van der Waals surface area (Å²) in [5.74, 6) is 0.682. The third-order valence-electron chi connectivity index (χ3n) is 5.60. The molecule has 0 bridgehead atoms. The van der Waals surface area contributed by atoms with Crippen LogP contribution in [0.2, 0.25) is 0 Å². The highest BCUT2D eigenvalue weighted by Gasteiger charge is 2.41. The Kier molecular flexibility index (Phi) is 5.92. The van der Waals surface area contributed by atoms with Gasteiger partial charge in [-0.3, -0.25) is 5.32 Å². The minimum atomic E-state index is -3.44. The van der Waals surface area contributed by atoms with Crippen molar-refractivity contribution in [2.24, 2.45) is 0 Å². The van der Waals surface area contributed by atoms with E-state index in [2.05, 4.69) is 31.3 Å². The molecule has 1 aliphatic heterocycles. The van der Waals surface area contributed by atoms with Crippen LogP contribution in [0.1, 0.15) is 56.7 Å². The number of nitrogens with one attached hydrogen (secondary N) is 1. The molecule has 0 aliphatic carbocycles. The summed E-state index contributed by atoms with van der Waals surface area (Å²) in [7, 11) is -1.88. The Bertz CT molecular complexity index is 880. The monoisotopic (exact) mass is 387 g/mol. The van der Waals surface area contributed by atoms with Crippen LogP contribution in [0, 0.1) is 0 Å². The first-order valence-electron chi connectivity index (χ1n) is 9.68. The average Bonchev–Trinajstić information content (AvgIpc) is 2.79. The minimum absolute atomic E-state index is 0.111. The maximum absolute atomic E-state index is 13.4. The number of rotatable bonds is 6. The van der Waals surface area contributed by atoms with Crippen molar-refractivity contribution in [3.63, 3.8) is 0 Å². The molecular weight excluding hydrogens is 358 g/mol. The quantitative estimate of drug-likeness (QED) is 0.793. The summed E-state index contributed by atoms with van der Waals surface area (Å²) in [5.41, 5.74) is 1.44. The number of methoxy groups -OCH3 is 1. The van der Waals surface area contributed by atoms with Gasteiger partial charge >= 0.3 is 0 Å². The van der Waals surface area contributed by atoms with E-state index in [1.165, 1.54) is 0 Å². The van der Waals surface area contributed by atoms with Gasteiger partial charge in [0.05, 0.1) is 23.8 Å². The molecule has 2 atom stereocenters. The van der Waals surface area contributed by atoms with Gasteiger partial charge in [-0.15, -0.1) is 0 Å².